The number of amides is 1. The summed E-state index contributed by atoms with van der Waals surface area (Å²) in [5, 5.41) is 4.18. The molecule has 0 aliphatic rings. The molecule has 0 radical (unpaired) electrons. The Labute approximate surface area is 193 Å². The lowest BCUT2D eigenvalue weighted by Crippen LogP contribution is -2.26. The Morgan fingerprint density at radius 2 is 2.00 bits per heavy atom. The Morgan fingerprint density at radius 1 is 1.15 bits per heavy atom. The number of para-hydroxylation sites is 1. The fourth-order valence-electron chi connectivity index (χ4n) is 3.79. The summed E-state index contributed by atoms with van der Waals surface area (Å²) in [4.78, 5) is 34.2. The van der Waals surface area contributed by atoms with Crippen LogP contribution in [0, 0.1) is 13.8 Å². The SMILES string of the molecule is Cc1ccc(C)c(-n2c(SCC(=O)NCc3ccco3)nc3c([nH]c4ccccc43)c2=O)c1. The lowest BCUT2D eigenvalue weighted by molar-refractivity contribution is -0.118. The minimum atomic E-state index is -0.191. The molecule has 2 aromatic carbocycles. The van der Waals surface area contributed by atoms with Gasteiger partial charge in [-0.3, -0.25) is 14.2 Å². The summed E-state index contributed by atoms with van der Waals surface area (Å²) in [5.41, 5.74) is 4.45. The first kappa shape index (κ1) is 21.1. The molecule has 0 fully saturated rings. The molecular formula is C25H22N4O3S. The molecule has 0 aliphatic heterocycles. The lowest BCUT2D eigenvalue weighted by atomic mass is 10.1. The van der Waals surface area contributed by atoms with Crippen LogP contribution in [0.2, 0.25) is 0 Å². The van der Waals surface area contributed by atoms with Gasteiger partial charge in [-0.25, -0.2) is 4.98 Å². The number of nitrogens with one attached hydrogen (secondary N) is 2. The number of thioether (sulfide) groups is 1. The zero-order valence-corrected chi connectivity index (χ0v) is 19.0. The van der Waals surface area contributed by atoms with Gasteiger partial charge in [0.2, 0.25) is 5.91 Å². The average molecular weight is 459 g/mol. The van der Waals surface area contributed by atoms with E-state index in [1.54, 1.807) is 23.0 Å². The van der Waals surface area contributed by atoms with Gasteiger partial charge in [0, 0.05) is 10.9 Å². The largest absolute Gasteiger partial charge is 0.467 e. The predicted octanol–water partition coefficient (Wildman–Crippen LogP) is 4.49. The van der Waals surface area contributed by atoms with E-state index in [9.17, 15) is 9.59 Å². The number of hydrogen-bond donors (Lipinski definition) is 2. The van der Waals surface area contributed by atoms with Gasteiger partial charge in [-0.1, -0.05) is 42.1 Å². The van der Waals surface area contributed by atoms with E-state index in [0.29, 0.717) is 28.5 Å². The van der Waals surface area contributed by atoms with Gasteiger partial charge in [0.15, 0.2) is 5.16 Å². The molecular weight excluding hydrogens is 436 g/mol. The molecule has 5 rings (SSSR count). The van der Waals surface area contributed by atoms with Crippen molar-refractivity contribution in [1.82, 2.24) is 19.9 Å². The number of hydrogen-bond acceptors (Lipinski definition) is 5. The average Bonchev–Trinajstić information content (AvgIpc) is 3.46. The van der Waals surface area contributed by atoms with Gasteiger partial charge in [0.05, 0.1) is 24.2 Å². The van der Waals surface area contributed by atoms with Crippen molar-refractivity contribution in [2.45, 2.75) is 25.5 Å². The Hall–Kier alpha value is -3.78. The van der Waals surface area contributed by atoms with Crippen LogP contribution >= 0.6 is 11.8 Å². The highest BCUT2D eigenvalue weighted by Gasteiger charge is 2.19. The van der Waals surface area contributed by atoms with Crippen LogP contribution in [0.1, 0.15) is 16.9 Å². The molecule has 8 heteroatoms. The molecule has 166 valence electrons. The highest BCUT2D eigenvalue weighted by Crippen LogP contribution is 2.27. The van der Waals surface area contributed by atoms with E-state index >= 15 is 0 Å². The van der Waals surface area contributed by atoms with Crippen molar-refractivity contribution >= 4 is 39.6 Å². The normalized spacial score (nSPS) is 11.3. The maximum atomic E-state index is 13.7. The van der Waals surface area contributed by atoms with Gasteiger partial charge in [-0.05, 0) is 49.2 Å². The minimum absolute atomic E-state index is 0.117. The highest BCUT2D eigenvalue weighted by atomic mass is 32.2. The van der Waals surface area contributed by atoms with Crippen molar-refractivity contribution in [2.24, 2.45) is 0 Å². The van der Waals surface area contributed by atoms with E-state index in [1.165, 1.54) is 11.8 Å². The Morgan fingerprint density at radius 3 is 2.82 bits per heavy atom. The molecule has 0 spiro atoms. The number of aromatic amines is 1. The van der Waals surface area contributed by atoms with Crippen LogP contribution in [-0.2, 0) is 11.3 Å². The lowest BCUT2D eigenvalue weighted by Gasteiger charge is -2.15. The van der Waals surface area contributed by atoms with E-state index in [-0.39, 0.29) is 17.2 Å². The number of aryl methyl sites for hydroxylation is 2. The summed E-state index contributed by atoms with van der Waals surface area (Å²) in [6.07, 6.45) is 1.57. The summed E-state index contributed by atoms with van der Waals surface area (Å²) in [5.74, 6) is 0.627. The van der Waals surface area contributed by atoms with Gasteiger partial charge < -0.3 is 14.7 Å². The number of fused-ring (bicyclic) bond motifs is 3. The van der Waals surface area contributed by atoms with Crippen LogP contribution in [0.5, 0.6) is 0 Å². The smallest absolute Gasteiger partial charge is 0.283 e. The predicted molar refractivity (Wildman–Crippen MR) is 130 cm³/mol. The number of furan rings is 1. The standard InChI is InChI=1S/C25H22N4O3S/c1-15-9-10-16(2)20(12-15)29-24(31)23-22(18-7-3-4-8-19(18)27-23)28-25(29)33-14-21(30)26-13-17-6-5-11-32-17/h3-12,27H,13-14H2,1-2H3,(H,26,30). The van der Waals surface area contributed by atoms with Crippen molar-refractivity contribution in [2.75, 3.05) is 5.75 Å². The van der Waals surface area contributed by atoms with Crippen LogP contribution in [0.3, 0.4) is 0 Å². The molecule has 0 bridgehead atoms. The molecule has 5 aromatic rings. The Balaban J connectivity index is 1.57. The maximum absolute atomic E-state index is 13.7. The monoisotopic (exact) mass is 458 g/mol. The molecule has 0 atom stereocenters. The Bertz CT molecular complexity index is 1530. The molecule has 3 heterocycles. The topological polar surface area (TPSA) is 92.9 Å². The molecule has 33 heavy (non-hydrogen) atoms. The van der Waals surface area contributed by atoms with E-state index in [1.807, 2.05) is 56.3 Å². The number of carbonyl (C=O) groups is 1. The number of nitrogens with zero attached hydrogens (tertiary/aromatic N) is 2. The third-order valence-corrected chi connectivity index (χ3v) is 6.41. The van der Waals surface area contributed by atoms with Crippen LogP contribution in [-0.4, -0.2) is 26.2 Å². The summed E-state index contributed by atoms with van der Waals surface area (Å²) >= 11 is 1.24. The zero-order chi connectivity index (χ0) is 22.9. The van der Waals surface area contributed by atoms with Crippen LogP contribution in [0.25, 0.3) is 27.6 Å². The van der Waals surface area contributed by atoms with Gasteiger partial charge in [0.1, 0.15) is 16.8 Å². The number of carbonyl (C=O) groups excluding carboxylic acids is 1. The van der Waals surface area contributed by atoms with E-state index in [2.05, 4.69) is 10.3 Å². The quantitative estimate of drug-likeness (QED) is 0.289. The summed E-state index contributed by atoms with van der Waals surface area (Å²) in [6.45, 7) is 4.25. The first-order valence-electron chi connectivity index (χ1n) is 10.5. The second kappa shape index (κ2) is 8.63. The second-order valence-electron chi connectivity index (χ2n) is 7.86. The maximum Gasteiger partial charge on any atom is 0.283 e. The van der Waals surface area contributed by atoms with Crippen LogP contribution in [0.4, 0.5) is 0 Å². The molecule has 2 N–H and O–H groups in total. The Kier molecular flexibility index (Phi) is 5.51. The third kappa shape index (κ3) is 4.05. The summed E-state index contributed by atoms with van der Waals surface area (Å²) in [7, 11) is 0. The van der Waals surface area contributed by atoms with Crippen molar-refractivity contribution in [1.29, 1.82) is 0 Å². The number of rotatable bonds is 6. The van der Waals surface area contributed by atoms with Crippen molar-refractivity contribution < 1.29 is 9.21 Å². The zero-order valence-electron chi connectivity index (χ0n) is 18.2. The fourth-order valence-corrected chi connectivity index (χ4v) is 4.62. The molecule has 7 nitrogen and oxygen atoms in total. The second-order valence-corrected chi connectivity index (χ2v) is 8.81. The first-order valence-corrected chi connectivity index (χ1v) is 11.5. The van der Waals surface area contributed by atoms with E-state index < -0.39 is 0 Å². The molecule has 0 saturated heterocycles. The van der Waals surface area contributed by atoms with Crippen LogP contribution in [0.15, 0.2) is 75.2 Å². The van der Waals surface area contributed by atoms with E-state index in [0.717, 1.165) is 27.7 Å². The van der Waals surface area contributed by atoms with Crippen molar-refractivity contribution in [3.8, 4) is 5.69 Å². The van der Waals surface area contributed by atoms with Crippen molar-refractivity contribution in [3.05, 3.63) is 88.1 Å². The fraction of sp³-hybridized carbons (Fsp3) is 0.160. The summed E-state index contributed by atoms with van der Waals surface area (Å²) < 4.78 is 6.86. The number of benzene rings is 2. The first-order chi connectivity index (χ1) is 16.0. The van der Waals surface area contributed by atoms with Gasteiger partial charge in [-0.2, -0.15) is 0 Å². The van der Waals surface area contributed by atoms with Crippen LogP contribution < -0.4 is 10.9 Å². The van der Waals surface area contributed by atoms with Gasteiger partial charge >= 0.3 is 0 Å². The third-order valence-electron chi connectivity index (χ3n) is 5.47. The van der Waals surface area contributed by atoms with Gasteiger partial charge in [0.25, 0.3) is 5.56 Å². The molecule has 0 aliphatic carbocycles. The molecule has 0 unspecified atom stereocenters. The molecule has 1 amide bonds. The van der Waals surface area contributed by atoms with E-state index in [4.69, 9.17) is 9.40 Å². The minimum Gasteiger partial charge on any atom is -0.467 e. The number of H-pyrrole nitrogens is 1. The van der Waals surface area contributed by atoms with Crippen molar-refractivity contribution in [3.63, 3.8) is 0 Å². The molecule has 0 saturated carbocycles. The highest BCUT2D eigenvalue weighted by molar-refractivity contribution is 7.99. The summed E-state index contributed by atoms with van der Waals surface area (Å²) in [6, 6.07) is 17.2. The number of aromatic nitrogens is 3. The molecule has 3 aromatic heterocycles. The van der Waals surface area contributed by atoms with Gasteiger partial charge in [-0.15, -0.1) is 0 Å².